The average molecular weight is 485 g/mol. The van der Waals surface area contributed by atoms with Crippen molar-refractivity contribution in [3.8, 4) is 0 Å². The Morgan fingerprint density at radius 3 is 2.53 bits per heavy atom. The molecule has 9 nitrogen and oxygen atoms in total. The first kappa shape index (κ1) is 25.0. The quantitative estimate of drug-likeness (QED) is 0.523. The van der Waals surface area contributed by atoms with Gasteiger partial charge in [0.1, 0.15) is 12.4 Å². The molecule has 0 bridgehead atoms. The third-order valence-corrected chi connectivity index (χ3v) is 5.11. The third kappa shape index (κ3) is 6.26. The van der Waals surface area contributed by atoms with Gasteiger partial charge in [0.2, 0.25) is 0 Å². The molecule has 0 fully saturated rings. The van der Waals surface area contributed by atoms with E-state index in [0.717, 1.165) is 0 Å². The number of benzene rings is 1. The topological polar surface area (TPSA) is 92.6 Å². The van der Waals surface area contributed by atoms with E-state index in [1.807, 2.05) is 45.8 Å². The summed E-state index contributed by atoms with van der Waals surface area (Å²) in [6.07, 6.45) is 4.46. The predicted molar refractivity (Wildman–Crippen MR) is 134 cm³/mol. The summed E-state index contributed by atoms with van der Waals surface area (Å²) >= 11 is 6.08. The molecule has 3 aromatic rings. The highest BCUT2D eigenvalue weighted by molar-refractivity contribution is 6.31. The minimum absolute atomic E-state index is 0.177. The SMILES string of the molecule is CN(C)c1cc(Cl)ccc1C(=O)Nc1ccc(N(C(=O)OCCn2cccn2)C(C)(C)C)nc1. The van der Waals surface area contributed by atoms with Gasteiger partial charge in [-0.3, -0.25) is 14.4 Å². The Hall–Kier alpha value is -3.59. The average Bonchev–Trinajstić information content (AvgIpc) is 3.27. The maximum atomic E-state index is 12.9. The highest BCUT2D eigenvalue weighted by Gasteiger charge is 2.30. The molecule has 0 saturated heterocycles. The summed E-state index contributed by atoms with van der Waals surface area (Å²) in [5, 5.41) is 7.48. The molecule has 0 unspecified atom stereocenters. The molecule has 10 heteroatoms. The number of rotatable bonds is 7. The van der Waals surface area contributed by atoms with Crippen LogP contribution in [0.5, 0.6) is 0 Å². The maximum absolute atomic E-state index is 12.9. The number of carbonyl (C=O) groups excluding carboxylic acids is 2. The van der Waals surface area contributed by atoms with Gasteiger partial charge in [-0.05, 0) is 57.2 Å². The van der Waals surface area contributed by atoms with E-state index in [1.165, 1.54) is 11.1 Å². The van der Waals surface area contributed by atoms with Crippen molar-refractivity contribution < 1.29 is 14.3 Å². The van der Waals surface area contributed by atoms with Crippen LogP contribution in [0.3, 0.4) is 0 Å². The Balaban J connectivity index is 1.71. The van der Waals surface area contributed by atoms with Gasteiger partial charge < -0.3 is 15.0 Å². The van der Waals surface area contributed by atoms with Gasteiger partial charge in [-0.2, -0.15) is 5.10 Å². The lowest BCUT2D eigenvalue weighted by atomic mass is 10.1. The molecule has 180 valence electrons. The predicted octanol–water partition coefficient (Wildman–Crippen LogP) is 4.69. The molecule has 2 amide bonds. The lowest BCUT2D eigenvalue weighted by molar-refractivity contribution is 0.102. The van der Waals surface area contributed by atoms with Crippen molar-refractivity contribution in [2.24, 2.45) is 0 Å². The molecule has 0 aliphatic carbocycles. The minimum Gasteiger partial charge on any atom is -0.447 e. The van der Waals surface area contributed by atoms with Crippen molar-refractivity contribution >= 4 is 40.8 Å². The zero-order valence-corrected chi connectivity index (χ0v) is 20.7. The van der Waals surface area contributed by atoms with Crippen LogP contribution in [0.1, 0.15) is 31.1 Å². The van der Waals surface area contributed by atoms with Crippen molar-refractivity contribution in [1.29, 1.82) is 0 Å². The number of pyridine rings is 1. The monoisotopic (exact) mass is 484 g/mol. The van der Waals surface area contributed by atoms with Crippen LogP contribution in [-0.4, -0.2) is 53.0 Å². The molecule has 0 spiro atoms. The summed E-state index contributed by atoms with van der Waals surface area (Å²) in [5.41, 5.74) is 1.10. The lowest BCUT2D eigenvalue weighted by Gasteiger charge is -2.33. The van der Waals surface area contributed by atoms with Crippen LogP contribution >= 0.6 is 11.6 Å². The van der Waals surface area contributed by atoms with Crippen LogP contribution in [0, 0.1) is 0 Å². The number of amides is 2. The van der Waals surface area contributed by atoms with Gasteiger partial charge in [0.25, 0.3) is 5.91 Å². The normalized spacial score (nSPS) is 11.1. The summed E-state index contributed by atoms with van der Waals surface area (Å²) in [7, 11) is 3.68. The summed E-state index contributed by atoms with van der Waals surface area (Å²) in [6, 6.07) is 10.3. The molecule has 1 aromatic carbocycles. The van der Waals surface area contributed by atoms with E-state index in [9.17, 15) is 9.59 Å². The van der Waals surface area contributed by atoms with Crippen molar-refractivity contribution in [1.82, 2.24) is 14.8 Å². The number of carbonyl (C=O) groups is 2. The number of hydrogen-bond donors (Lipinski definition) is 1. The molecule has 0 aliphatic rings. The van der Waals surface area contributed by atoms with Crippen LogP contribution < -0.4 is 15.1 Å². The fraction of sp³-hybridized carbons (Fsp3) is 0.333. The third-order valence-electron chi connectivity index (χ3n) is 4.88. The Kier molecular flexibility index (Phi) is 7.78. The molecule has 34 heavy (non-hydrogen) atoms. The highest BCUT2D eigenvalue weighted by Crippen LogP contribution is 2.26. The number of nitrogens with one attached hydrogen (secondary N) is 1. The van der Waals surface area contributed by atoms with Crippen LogP contribution in [0.25, 0.3) is 0 Å². The van der Waals surface area contributed by atoms with Gasteiger partial charge in [0.05, 0.1) is 29.7 Å². The second-order valence-electron chi connectivity index (χ2n) is 8.80. The van der Waals surface area contributed by atoms with Crippen LogP contribution in [-0.2, 0) is 11.3 Å². The molecule has 2 heterocycles. The van der Waals surface area contributed by atoms with E-state index in [2.05, 4.69) is 15.4 Å². The van der Waals surface area contributed by atoms with Gasteiger partial charge in [0, 0.05) is 37.1 Å². The van der Waals surface area contributed by atoms with E-state index in [1.54, 1.807) is 47.4 Å². The molecule has 0 saturated carbocycles. The van der Waals surface area contributed by atoms with E-state index in [0.29, 0.717) is 34.3 Å². The summed E-state index contributed by atoms with van der Waals surface area (Å²) in [4.78, 5) is 33.4. The first-order chi connectivity index (χ1) is 16.1. The molecule has 1 N–H and O–H groups in total. The van der Waals surface area contributed by atoms with Gasteiger partial charge in [0.15, 0.2) is 0 Å². The molecule has 3 rings (SSSR count). The Morgan fingerprint density at radius 2 is 1.94 bits per heavy atom. The van der Waals surface area contributed by atoms with E-state index >= 15 is 0 Å². The number of aromatic nitrogens is 3. The van der Waals surface area contributed by atoms with Crippen LogP contribution in [0.4, 0.5) is 22.0 Å². The van der Waals surface area contributed by atoms with Gasteiger partial charge in [-0.15, -0.1) is 0 Å². The molecular formula is C24H29ClN6O3. The Morgan fingerprint density at radius 1 is 1.18 bits per heavy atom. The number of ether oxygens (including phenoxy) is 1. The molecule has 0 atom stereocenters. The van der Waals surface area contributed by atoms with Crippen molar-refractivity contribution in [3.63, 3.8) is 0 Å². The number of halogens is 1. The van der Waals surface area contributed by atoms with Crippen molar-refractivity contribution in [3.05, 3.63) is 65.6 Å². The Labute approximate surface area is 204 Å². The van der Waals surface area contributed by atoms with Crippen molar-refractivity contribution in [2.45, 2.75) is 32.9 Å². The largest absolute Gasteiger partial charge is 0.447 e. The molecule has 0 aliphatic heterocycles. The second-order valence-corrected chi connectivity index (χ2v) is 9.24. The molecule has 2 aromatic heterocycles. The van der Waals surface area contributed by atoms with Crippen LogP contribution in [0.2, 0.25) is 5.02 Å². The summed E-state index contributed by atoms with van der Waals surface area (Å²) in [5.74, 6) is 0.121. The standard InChI is InChI=1S/C24H29ClN6O3/c1-24(2,3)31(23(33)34-14-13-30-12-6-11-27-30)21-10-8-18(16-26-21)28-22(32)19-9-7-17(25)15-20(19)29(4)5/h6-12,15-16H,13-14H2,1-5H3,(H,28,32). The maximum Gasteiger partial charge on any atom is 0.416 e. The fourth-order valence-corrected chi connectivity index (χ4v) is 3.46. The number of anilines is 3. The first-order valence-corrected chi connectivity index (χ1v) is 11.1. The highest BCUT2D eigenvalue weighted by atomic mass is 35.5. The lowest BCUT2D eigenvalue weighted by Crippen LogP contribution is -2.47. The van der Waals surface area contributed by atoms with E-state index in [-0.39, 0.29) is 12.5 Å². The van der Waals surface area contributed by atoms with Crippen molar-refractivity contribution in [2.75, 3.05) is 35.8 Å². The van der Waals surface area contributed by atoms with Crippen LogP contribution in [0.15, 0.2) is 55.0 Å². The van der Waals surface area contributed by atoms with Gasteiger partial charge >= 0.3 is 6.09 Å². The smallest absolute Gasteiger partial charge is 0.416 e. The Bertz CT molecular complexity index is 1120. The minimum atomic E-state index is -0.579. The molecule has 0 radical (unpaired) electrons. The number of nitrogens with zero attached hydrogens (tertiary/aromatic N) is 5. The van der Waals surface area contributed by atoms with Gasteiger partial charge in [-0.1, -0.05) is 11.6 Å². The zero-order valence-electron chi connectivity index (χ0n) is 19.9. The molecular weight excluding hydrogens is 456 g/mol. The first-order valence-electron chi connectivity index (χ1n) is 10.7. The summed E-state index contributed by atoms with van der Waals surface area (Å²) < 4.78 is 7.14. The second kappa shape index (κ2) is 10.6. The van der Waals surface area contributed by atoms with Gasteiger partial charge in [-0.25, -0.2) is 9.78 Å². The summed E-state index contributed by atoms with van der Waals surface area (Å²) in [6.45, 7) is 6.30. The number of hydrogen-bond acceptors (Lipinski definition) is 6. The van der Waals surface area contributed by atoms with E-state index in [4.69, 9.17) is 16.3 Å². The fourth-order valence-electron chi connectivity index (χ4n) is 3.29. The zero-order chi connectivity index (χ0) is 24.9. The van der Waals surface area contributed by atoms with E-state index < -0.39 is 11.6 Å².